The van der Waals surface area contributed by atoms with Gasteiger partial charge in [-0.05, 0) is 37.6 Å². The van der Waals surface area contributed by atoms with Crippen LogP contribution in [0.3, 0.4) is 0 Å². The average Bonchev–Trinajstić information content (AvgIpc) is 2.98. The largest absolute Gasteiger partial charge is 0.360 e. The Morgan fingerprint density at radius 3 is 2.60 bits per heavy atom. The van der Waals surface area contributed by atoms with Crippen LogP contribution >= 0.6 is 0 Å². The van der Waals surface area contributed by atoms with Crippen LogP contribution in [0, 0.1) is 19.7 Å². The maximum Gasteiger partial charge on any atom is 0.270 e. The molecule has 3 rings (SSSR count). The van der Waals surface area contributed by atoms with Crippen molar-refractivity contribution < 1.29 is 13.7 Å². The SMILES string of the molecule is Cc1cc(C(=O)NCc2ccc(F)cc2)nc(Nc2cc(C)on2)n1. The highest BCUT2D eigenvalue weighted by Gasteiger charge is 2.12. The van der Waals surface area contributed by atoms with E-state index in [1.54, 1.807) is 38.1 Å². The minimum atomic E-state index is -0.353. The van der Waals surface area contributed by atoms with Crippen LogP contribution in [0.25, 0.3) is 0 Å². The van der Waals surface area contributed by atoms with E-state index in [1.165, 1.54) is 12.1 Å². The van der Waals surface area contributed by atoms with Crippen molar-refractivity contribution in [2.45, 2.75) is 20.4 Å². The van der Waals surface area contributed by atoms with Gasteiger partial charge in [0, 0.05) is 18.3 Å². The number of aryl methyl sites for hydroxylation is 2. The molecule has 0 radical (unpaired) electrons. The number of anilines is 2. The van der Waals surface area contributed by atoms with Crippen LogP contribution in [0.2, 0.25) is 0 Å². The first-order valence-electron chi connectivity index (χ1n) is 7.58. The first-order chi connectivity index (χ1) is 12.0. The number of carbonyl (C=O) groups excluding carboxylic acids is 1. The normalized spacial score (nSPS) is 10.5. The number of nitrogens with one attached hydrogen (secondary N) is 2. The highest BCUT2D eigenvalue weighted by Crippen LogP contribution is 2.14. The first-order valence-corrected chi connectivity index (χ1v) is 7.58. The molecular weight excluding hydrogens is 325 g/mol. The Balaban J connectivity index is 1.70. The molecule has 0 saturated heterocycles. The lowest BCUT2D eigenvalue weighted by Gasteiger charge is -2.07. The molecule has 2 aromatic heterocycles. The van der Waals surface area contributed by atoms with Crippen LogP contribution in [0.1, 0.15) is 27.5 Å². The Bertz CT molecular complexity index is 892. The van der Waals surface area contributed by atoms with Crippen LogP contribution in [-0.4, -0.2) is 21.0 Å². The van der Waals surface area contributed by atoms with Crippen molar-refractivity contribution in [1.82, 2.24) is 20.4 Å². The number of benzene rings is 1. The quantitative estimate of drug-likeness (QED) is 0.741. The van der Waals surface area contributed by atoms with E-state index >= 15 is 0 Å². The van der Waals surface area contributed by atoms with Crippen LogP contribution in [0.15, 0.2) is 40.9 Å². The molecule has 0 aliphatic rings. The third-order valence-corrected chi connectivity index (χ3v) is 3.32. The molecular formula is C17H16FN5O2. The fourth-order valence-electron chi connectivity index (χ4n) is 2.16. The standard InChI is InChI=1S/C17H16FN5O2/c1-10-7-14(16(24)19-9-12-3-5-13(18)6-4-12)21-17(20-10)22-15-8-11(2)25-23-15/h3-8H,9H2,1-2H3,(H,19,24)(H,20,21,22,23). The molecule has 0 unspecified atom stereocenters. The summed E-state index contributed by atoms with van der Waals surface area (Å²) in [6.45, 7) is 3.80. The lowest BCUT2D eigenvalue weighted by Crippen LogP contribution is -2.24. The van der Waals surface area contributed by atoms with Gasteiger partial charge in [0.1, 0.15) is 17.3 Å². The topological polar surface area (TPSA) is 92.9 Å². The van der Waals surface area contributed by atoms with Gasteiger partial charge in [0.2, 0.25) is 5.95 Å². The molecule has 0 saturated carbocycles. The summed E-state index contributed by atoms with van der Waals surface area (Å²) in [6.07, 6.45) is 0. The number of hydrogen-bond donors (Lipinski definition) is 2. The summed E-state index contributed by atoms with van der Waals surface area (Å²) in [5.74, 6) is 0.683. The van der Waals surface area contributed by atoms with Crippen molar-refractivity contribution >= 4 is 17.7 Å². The average molecular weight is 341 g/mol. The van der Waals surface area contributed by atoms with Crippen molar-refractivity contribution in [3.63, 3.8) is 0 Å². The number of carbonyl (C=O) groups is 1. The minimum Gasteiger partial charge on any atom is -0.360 e. The number of amides is 1. The van der Waals surface area contributed by atoms with Gasteiger partial charge in [-0.15, -0.1) is 0 Å². The summed E-state index contributed by atoms with van der Waals surface area (Å²) in [6, 6.07) is 9.19. The molecule has 8 heteroatoms. The van der Waals surface area contributed by atoms with E-state index in [1.807, 2.05) is 0 Å². The molecule has 0 aliphatic heterocycles. The molecule has 128 valence electrons. The lowest BCUT2D eigenvalue weighted by molar-refractivity contribution is 0.0945. The Morgan fingerprint density at radius 2 is 1.92 bits per heavy atom. The molecule has 0 bridgehead atoms. The van der Waals surface area contributed by atoms with E-state index in [0.717, 1.165) is 5.56 Å². The molecule has 2 N–H and O–H groups in total. The van der Waals surface area contributed by atoms with Crippen LogP contribution in [0.5, 0.6) is 0 Å². The fraction of sp³-hybridized carbons (Fsp3) is 0.176. The monoisotopic (exact) mass is 341 g/mol. The molecule has 2 heterocycles. The smallest absolute Gasteiger partial charge is 0.270 e. The summed E-state index contributed by atoms with van der Waals surface area (Å²) in [5.41, 5.74) is 1.64. The van der Waals surface area contributed by atoms with Crippen LogP contribution in [-0.2, 0) is 6.54 Å². The second kappa shape index (κ2) is 7.08. The molecule has 1 amide bonds. The van der Waals surface area contributed by atoms with Crippen molar-refractivity contribution in [3.05, 3.63) is 64.9 Å². The van der Waals surface area contributed by atoms with E-state index in [4.69, 9.17) is 4.52 Å². The highest BCUT2D eigenvalue weighted by atomic mass is 19.1. The maximum atomic E-state index is 12.9. The third-order valence-electron chi connectivity index (χ3n) is 3.32. The predicted molar refractivity (Wildman–Crippen MR) is 88.9 cm³/mol. The van der Waals surface area contributed by atoms with Crippen molar-refractivity contribution in [2.75, 3.05) is 5.32 Å². The Hall–Kier alpha value is -3.29. The fourth-order valence-corrected chi connectivity index (χ4v) is 2.16. The van der Waals surface area contributed by atoms with Gasteiger partial charge in [0.05, 0.1) is 0 Å². The number of hydrogen-bond acceptors (Lipinski definition) is 6. The van der Waals surface area contributed by atoms with Gasteiger partial charge in [-0.2, -0.15) is 0 Å². The zero-order chi connectivity index (χ0) is 17.8. The molecule has 3 aromatic rings. The summed E-state index contributed by atoms with van der Waals surface area (Å²) in [4.78, 5) is 20.7. The molecule has 25 heavy (non-hydrogen) atoms. The Labute approximate surface area is 143 Å². The summed E-state index contributed by atoms with van der Waals surface area (Å²) in [7, 11) is 0. The molecule has 0 spiro atoms. The number of rotatable bonds is 5. The van der Waals surface area contributed by atoms with E-state index in [9.17, 15) is 9.18 Å². The molecule has 0 fully saturated rings. The Morgan fingerprint density at radius 1 is 1.16 bits per heavy atom. The summed E-state index contributed by atoms with van der Waals surface area (Å²) in [5, 5.41) is 9.44. The first kappa shape index (κ1) is 16.6. The third kappa shape index (κ3) is 4.37. The van der Waals surface area contributed by atoms with Gasteiger partial charge in [-0.3, -0.25) is 4.79 Å². The van der Waals surface area contributed by atoms with Gasteiger partial charge in [-0.1, -0.05) is 17.3 Å². The van der Waals surface area contributed by atoms with Crippen molar-refractivity contribution in [3.8, 4) is 0 Å². The van der Waals surface area contributed by atoms with Crippen LogP contribution in [0.4, 0.5) is 16.2 Å². The van der Waals surface area contributed by atoms with Gasteiger partial charge in [0.15, 0.2) is 5.82 Å². The maximum absolute atomic E-state index is 12.9. The second-order valence-corrected chi connectivity index (χ2v) is 5.48. The van der Waals surface area contributed by atoms with Gasteiger partial charge in [0.25, 0.3) is 5.91 Å². The number of halogens is 1. The highest BCUT2D eigenvalue weighted by molar-refractivity contribution is 5.92. The molecule has 0 aliphatic carbocycles. The van der Waals surface area contributed by atoms with Gasteiger partial charge in [-0.25, -0.2) is 14.4 Å². The van der Waals surface area contributed by atoms with Gasteiger partial charge >= 0.3 is 0 Å². The second-order valence-electron chi connectivity index (χ2n) is 5.48. The molecule has 7 nitrogen and oxygen atoms in total. The lowest BCUT2D eigenvalue weighted by atomic mass is 10.2. The molecule has 0 atom stereocenters. The zero-order valence-corrected chi connectivity index (χ0v) is 13.7. The van der Waals surface area contributed by atoms with Crippen molar-refractivity contribution in [2.24, 2.45) is 0 Å². The van der Waals surface area contributed by atoms with Crippen molar-refractivity contribution in [1.29, 1.82) is 0 Å². The Kier molecular flexibility index (Phi) is 4.69. The number of nitrogens with zero attached hydrogens (tertiary/aromatic N) is 3. The summed E-state index contributed by atoms with van der Waals surface area (Å²) < 4.78 is 17.9. The van der Waals surface area contributed by atoms with E-state index in [2.05, 4.69) is 25.8 Å². The molecule has 1 aromatic carbocycles. The van der Waals surface area contributed by atoms with E-state index < -0.39 is 0 Å². The predicted octanol–water partition coefficient (Wildman–Crippen LogP) is 2.89. The van der Waals surface area contributed by atoms with E-state index in [0.29, 0.717) is 17.3 Å². The van der Waals surface area contributed by atoms with E-state index in [-0.39, 0.29) is 29.9 Å². The summed E-state index contributed by atoms with van der Waals surface area (Å²) >= 11 is 0. The number of aromatic nitrogens is 3. The zero-order valence-electron chi connectivity index (χ0n) is 13.7. The van der Waals surface area contributed by atoms with Gasteiger partial charge < -0.3 is 15.2 Å². The van der Waals surface area contributed by atoms with Crippen LogP contribution < -0.4 is 10.6 Å². The minimum absolute atomic E-state index is 0.220.